The van der Waals surface area contributed by atoms with Crippen LogP contribution in [0.15, 0.2) is 18.3 Å². The zero-order valence-electron chi connectivity index (χ0n) is 11.6. The number of nitrogens with one attached hydrogen (secondary N) is 1. The van der Waals surface area contributed by atoms with Crippen LogP contribution in [0.1, 0.15) is 36.3 Å². The molecule has 0 saturated heterocycles. The number of carbonyl (C=O) groups excluding carboxylic acids is 2. The minimum atomic E-state index is -4.57. The molecule has 0 aliphatic carbocycles. The fraction of sp³-hybridized carbons (Fsp3) is 0.462. The summed E-state index contributed by atoms with van der Waals surface area (Å²) < 4.78 is 37.1. The van der Waals surface area contributed by atoms with Gasteiger partial charge >= 0.3 is 6.18 Å². The molecule has 1 heterocycles. The smallest absolute Gasteiger partial charge is 0.368 e. The first-order valence-corrected chi connectivity index (χ1v) is 6.30. The third kappa shape index (κ3) is 4.44. The number of aromatic nitrogens is 1. The maximum atomic E-state index is 12.4. The van der Waals surface area contributed by atoms with Crippen molar-refractivity contribution in [3.63, 3.8) is 0 Å². The maximum Gasteiger partial charge on any atom is 0.433 e. The Labute approximate surface area is 119 Å². The van der Waals surface area contributed by atoms with E-state index in [0.29, 0.717) is 12.5 Å². The molecular formula is C13H16F3N3O2. The highest BCUT2D eigenvalue weighted by molar-refractivity contribution is 5.97. The van der Waals surface area contributed by atoms with Crippen LogP contribution in [0.25, 0.3) is 0 Å². The van der Waals surface area contributed by atoms with Crippen LogP contribution < -0.4 is 11.1 Å². The Morgan fingerprint density at radius 3 is 2.38 bits per heavy atom. The first kappa shape index (κ1) is 16.9. The third-order valence-electron chi connectivity index (χ3n) is 3.12. The summed E-state index contributed by atoms with van der Waals surface area (Å²) in [5, 5.41) is 2.41. The molecule has 0 saturated carbocycles. The third-order valence-corrected chi connectivity index (χ3v) is 3.12. The zero-order chi connectivity index (χ0) is 16.2. The number of alkyl halides is 3. The summed E-state index contributed by atoms with van der Waals surface area (Å²) in [5.41, 5.74) is 4.04. The van der Waals surface area contributed by atoms with Crippen molar-refractivity contribution < 1.29 is 22.8 Å². The van der Waals surface area contributed by atoms with Crippen molar-refractivity contribution in [3.05, 3.63) is 29.6 Å². The number of rotatable bonds is 5. The number of nitrogens with two attached hydrogens (primary N) is 1. The Kier molecular flexibility index (Phi) is 5.28. The van der Waals surface area contributed by atoms with Gasteiger partial charge in [0.25, 0.3) is 5.91 Å². The fourth-order valence-corrected chi connectivity index (χ4v) is 1.65. The van der Waals surface area contributed by atoms with Gasteiger partial charge in [0.15, 0.2) is 0 Å². The molecule has 1 rings (SSSR count). The molecule has 0 spiro atoms. The van der Waals surface area contributed by atoms with Gasteiger partial charge in [-0.3, -0.25) is 14.6 Å². The van der Waals surface area contributed by atoms with Crippen LogP contribution in [0, 0.1) is 5.92 Å². The Morgan fingerprint density at radius 1 is 1.38 bits per heavy atom. The van der Waals surface area contributed by atoms with E-state index >= 15 is 0 Å². The number of hydrogen-bond acceptors (Lipinski definition) is 3. The highest BCUT2D eigenvalue weighted by Gasteiger charge is 2.32. The van der Waals surface area contributed by atoms with Crippen LogP contribution in [0.2, 0.25) is 0 Å². The molecule has 8 heteroatoms. The van der Waals surface area contributed by atoms with Gasteiger partial charge in [0.05, 0.1) is 5.56 Å². The van der Waals surface area contributed by atoms with Crippen molar-refractivity contribution in [2.45, 2.75) is 32.5 Å². The van der Waals surface area contributed by atoms with Crippen LogP contribution in [0.5, 0.6) is 0 Å². The molecule has 0 fully saturated rings. The Balaban J connectivity index is 2.86. The summed E-state index contributed by atoms with van der Waals surface area (Å²) >= 11 is 0. The lowest BCUT2D eigenvalue weighted by Crippen LogP contribution is -2.48. The van der Waals surface area contributed by atoms with E-state index in [1.807, 2.05) is 6.92 Å². The molecule has 0 bridgehead atoms. The Bertz CT molecular complexity index is 514. The van der Waals surface area contributed by atoms with Crippen molar-refractivity contribution in [2.24, 2.45) is 11.7 Å². The summed E-state index contributed by atoms with van der Waals surface area (Å²) in [4.78, 5) is 26.4. The van der Waals surface area contributed by atoms with Crippen molar-refractivity contribution in [1.82, 2.24) is 10.3 Å². The van der Waals surface area contributed by atoms with E-state index in [0.717, 1.165) is 12.3 Å². The second kappa shape index (κ2) is 6.55. The van der Waals surface area contributed by atoms with Crippen LogP contribution in [0.3, 0.4) is 0 Å². The standard InChI is InChI=1S/C13H16F3N3O2/c1-3-7(2)10(11(17)20)19-12(21)8-4-5-9(18-6-8)13(14,15)16/h4-7,10H,3H2,1-2H3,(H2,17,20)(H,19,21). The predicted molar refractivity (Wildman–Crippen MR) is 69.1 cm³/mol. The lowest BCUT2D eigenvalue weighted by molar-refractivity contribution is -0.141. The Morgan fingerprint density at radius 2 is 2.00 bits per heavy atom. The van der Waals surface area contributed by atoms with E-state index in [2.05, 4.69) is 10.3 Å². The molecule has 5 nitrogen and oxygen atoms in total. The molecule has 2 amide bonds. The molecular weight excluding hydrogens is 287 g/mol. The summed E-state index contributed by atoms with van der Waals surface area (Å²) in [5.74, 6) is -1.58. The number of primary amides is 1. The van der Waals surface area contributed by atoms with E-state index < -0.39 is 29.7 Å². The quantitative estimate of drug-likeness (QED) is 0.868. The second-order valence-corrected chi connectivity index (χ2v) is 4.67. The second-order valence-electron chi connectivity index (χ2n) is 4.67. The molecule has 0 radical (unpaired) electrons. The predicted octanol–water partition coefficient (Wildman–Crippen LogP) is 1.73. The molecule has 2 atom stereocenters. The molecule has 1 aromatic heterocycles. The van der Waals surface area contributed by atoms with Gasteiger partial charge in [0.2, 0.25) is 5.91 Å². The lowest BCUT2D eigenvalue weighted by Gasteiger charge is -2.21. The molecule has 1 aromatic rings. The average molecular weight is 303 g/mol. The van der Waals surface area contributed by atoms with Crippen molar-refractivity contribution in [1.29, 1.82) is 0 Å². The van der Waals surface area contributed by atoms with Crippen molar-refractivity contribution >= 4 is 11.8 Å². The SMILES string of the molecule is CCC(C)C(NC(=O)c1ccc(C(F)(F)F)nc1)C(N)=O. The van der Waals surface area contributed by atoms with E-state index in [4.69, 9.17) is 5.73 Å². The summed E-state index contributed by atoms with van der Waals surface area (Å²) in [6, 6.07) is 0.821. The minimum Gasteiger partial charge on any atom is -0.368 e. The van der Waals surface area contributed by atoms with Crippen molar-refractivity contribution in [3.8, 4) is 0 Å². The van der Waals surface area contributed by atoms with Gasteiger partial charge in [-0.1, -0.05) is 20.3 Å². The zero-order valence-corrected chi connectivity index (χ0v) is 11.6. The first-order valence-electron chi connectivity index (χ1n) is 6.30. The van der Waals surface area contributed by atoms with Gasteiger partial charge in [-0.25, -0.2) is 0 Å². The minimum absolute atomic E-state index is 0.0717. The molecule has 21 heavy (non-hydrogen) atoms. The van der Waals surface area contributed by atoms with Crippen LogP contribution in [-0.4, -0.2) is 22.8 Å². The van der Waals surface area contributed by atoms with Crippen LogP contribution in [0.4, 0.5) is 13.2 Å². The molecule has 116 valence electrons. The van der Waals surface area contributed by atoms with Gasteiger partial charge in [0.1, 0.15) is 11.7 Å². The normalized spacial score (nSPS) is 14.3. The van der Waals surface area contributed by atoms with E-state index in [-0.39, 0.29) is 11.5 Å². The first-order chi connectivity index (χ1) is 9.66. The summed E-state index contributed by atoms with van der Waals surface area (Å²) in [6.45, 7) is 3.56. The van der Waals surface area contributed by atoms with E-state index in [1.54, 1.807) is 6.92 Å². The molecule has 3 N–H and O–H groups in total. The Hall–Kier alpha value is -2.12. The highest BCUT2D eigenvalue weighted by Crippen LogP contribution is 2.27. The summed E-state index contributed by atoms with van der Waals surface area (Å²) in [6.07, 6.45) is -3.15. The lowest BCUT2D eigenvalue weighted by atomic mass is 9.98. The largest absolute Gasteiger partial charge is 0.433 e. The van der Waals surface area contributed by atoms with Gasteiger partial charge in [-0.15, -0.1) is 0 Å². The number of nitrogens with zero attached hydrogens (tertiary/aromatic N) is 1. The van der Waals surface area contributed by atoms with Gasteiger partial charge in [-0.05, 0) is 18.1 Å². The summed E-state index contributed by atoms with van der Waals surface area (Å²) in [7, 11) is 0. The highest BCUT2D eigenvalue weighted by atomic mass is 19.4. The number of halogens is 3. The number of carbonyl (C=O) groups is 2. The van der Waals surface area contributed by atoms with Gasteiger partial charge in [-0.2, -0.15) is 13.2 Å². The molecule has 0 aliphatic rings. The molecule has 0 aliphatic heterocycles. The van der Waals surface area contributed by atoms with E-state index in [9.17, 15) is 22.8 Å². The van der Waals surface area contributed by atoms with Crippen molar-refractivity contribution in [2.75, 3.05) is 0 Å². The monoisotopic (exact) mass is 303 g/mol. The van der Waals surface area contributed by atoms with E-state index in [1.165, 1.54) is 0 Å². The van der Waals surface area contributed by atoms with Crippen LogP contribution in [-0.2, 0) is 11.0 Å². The average Bonchev–Trinajstić information content (AvgIpc) is 2.42. The molecule has 2 unspecified atom stereocenters. The van der Waals surface area contributed by atoms with Gasteiger partial charge < -0.3 is 11.1 Å². The number of hydrogen-bond donors (Lipinski definition) is 2. The molecule has 0 aromatic carbocycles. The number of pyridine rings is 1. The fourth-order valence-electron chi connectivity index (χ4n) is 1.65. The van der Waals surface area contributed by atoms with Crippen LogP contribution >= 0.6 is 0 Å². The number of amides is 2. The van der Waals surface area contributed by atoms with Gasteiger partial charge in [0, 0.05) is 6.20 Å². The maximum absolute atomic E-state index is 12.4. The topological polar surface area (TPSA) is 85.1 Å².